The third-order valence-corrected chi connectivity index (χ3v) is 2.84. The van der Waals surface area contributed by atoms with Crippen molar-refractivity contribution in [3.05, 3.63) is 18.6 Å². The van der Waals surface area contributed by atoms with Crippen molar-refractivity contribution in [3.8, 4) is 5.88 Å². The third-order valence-electron chi connectivity index (χ3n) is 2.84. The zero-order valence-electron chi connectivity index (χ0n) is 10.6. The van der Waals surface area contributed by atoms with E-state index >= 15 is 0 Å². The van der Waals surface area contributed by atoms with Crippen LogP contribution in [0.4, 0.5) is 5.82 Å². The molecular formula is C12H18N4O. The van der Waals surface area contributed by atoms with Crippen molar-refractivity contribution < 1.29 is 4.74 Å². The Morgan fingerprint density at radius 3 is 2.76 bits per heavy atom. The Morgan fingerprint density at radius 1 is 1.35 bits per heavy atom. The van der Waals surface area contributed by atoms with E-state index < -0.39 is 0 Å². The van der Waals surface area contributed by atoms with E-state index in [4.69, 9.17) is 4.74 Å². The number of anilines is 1. The summed E-state index contributed by atoms with van der Waals surface area (Å²) < 4.78 is 7.76. The van der Waals surface area contributed by atoms with Crippen molar-refractivity contribution in [1.82, 2.24) is 14.4 Å². The molecule has 0 saturated heterocycles. The van der Waals surface area contributed by atoms with Gasteiger partial charge >= 0.3 is 0 Å². The number of hydrogen-bond acceptors (Lipinski definition) is 4. The van der Waals surface area contributed by atoms with Gasteiger partial charge in [-0.2, -0.15) is 4.98 Å². The average Bonchev–Trinajstić information content (AvgIpc) is 2.76. The van der Waals surface area contributed by atoms with Gasteiger partial charge in [0.2, 0.25) is 5.65 Å². The summed E-state index contributed by atoms with van der Waals surface area (Å²) >= 11 is 0. The maximum absolute atomic E-state index is 5.86. The summed E-state index contributed by atoms with van der Waals surface area (Å²) in [4.78, 5) is 8.65. The fourth-order valence-corrected chi connectivity index (χ4v) is 1.41. The molecule has 0 aliphatic rings. The van der Waals surface area contributed by atoms with Gasteiger partial charge in [0.25, 0.3) is 5.88 Å². The van der Waals surface area contributed by atoms with Crippen LogP contribution in [0.1, 0.15) is 20.8 Å². The van der Waals surface area contributed by atoms with Crippen LogP contribution in [0.25, 0.3) is 5.65 Å². The van der Waals surface area contributed by atoms with Crippen LogP contribution < -0.4 is 10.1 Å². The summed E-state index contributed by atoms with van der Waals surface area (Å²) in [5.74, 6) is 1.77. The van der Waals surface area contributed by atoms with Gasteiger partial charge in [-0.15, -0.1) is 0 Å². The van der Waals surface area contributed by atoms with Crippen LogP contribution in [-0.2, 0) is 0 Å². The van der Waals surface area contributed by atoms with Gasteiger partial charge in [-0.25, -0.2) is 4.98 Å². The van der Waals surface area contributed by atoms with E-state index in [1.165, 1.54) is 0 Å². The summed E-state index contributed by atoms with van der Waals surface area (Å²) in [6.07, 6.45) is 5.61. The summed E-state index contributed by atoms with van der Waals surface area (Å²) in [6.45, 7) is 6.28. The molecule has 1 unspecified atom stereocenters. The maximum Gasteiger partial charge on any atom is 0.260 e. The second kappa shape index (κ2) is 4.61. The minimum Gasteiger partial charge on any atom is -0.472 e. The van der Waals surface area contributed by atoms with Crippen LogP contribution in [0.15, 0.2) is 18.6 Å². The van der Waals surface area contributed by atoms with E-state index in [2.05, 4.69) is 29.1 Å². The number of ether oxygens (including phenoxy) is 1. The van der Waals surface area contributed by atoms with E-state index in [1.807, 2.05) is 30.8 Å². The van der Waals surface area contributed by atoms with E-state index in [-0.39, 0.29) is 6.10 Å². The molecule has 0 aliphatic carbocycles. The summed E-state index contributed by atoms with van der Waals surface area (Å²) in [7, 11) is 1.83. The lowest BCUT2D eigenvalue weighted by molar-refractivity contribution is 0.165. The highest BCUT2D eigenvalue weighted by molar-refractivity contribution is 5.53. The molecule has 0 amide bonds. The fourth-order valence-electron chi connectivity index (χ4n) is 1.41. The number of nitrogens with zero attached hydrogens (tertiary/aromatic N) is 3. The lowest BCUT2D eigenvalue weighted by atomic mass is 10.1. The van der Waals surface area contributed by atoms with Crippen LogP contribution in [-0.4, -0.2) is 27.5 Å². The zero-order chi connectivity index (χ0) is 12.4. The molecule has 0 aromatic carbocycles. The molecule has 0 fully saturated rings. The molecule has 0 bridgehead atoms. The van der Waals surface area contributed by atoms with Gasteiger partial charge in [0.05, 0.1) is 6.20 Å². The minimum atomic E-state index is 0.107. The highest BCUT2D eigenvalue weighted by atomic mass is 16.5. The van der Waals surface area contributed by atoms with Crippen molar-refractivity contribution in [2.24, 2.45) is 5.92 Å². The van der Waals surface area contributed by atoms with Crippen LogP contribution in [0.2, 0.25) is 0 Å². The maximum atomic E-state index is 5.86. The molecule has 5 heteroatoms. The third kappa shape index (κ3) is 2.33. The van der Waals surface area contributed by atoms with Gasteiger partial charge < -0.3 is 10.1 Å². The van der Waals surface area contributed by atoms with Crippen molar-refractivity contribution in [2.75, 3.05) is 12.4 Å². The van der Waals surface area contributed by atoms with Crippen LogP contribution in [0.3, 0.4) is 0 Å². The number of hydrogen-bond donors (Lipinski definition) is 1. The quantitative estimate of drug-likeness (QED) is 0.881. The lowest BCUT2D eigenvalue weighted by Crippen LogP contribution is -2.20. The monoisotopic (exact) mass is 234 g/mol. The van der Waals surface area contributed by atoms with Crippen LogP contribution in [0.5, 0.6) is 5.88 Å². The first-order valence-corrected chi connectivity index (χ1v) is 5.80. The molecule has 92 valence electrons. The van der Waals surface area contributed by atoms with Gasteiger partial charge in [0.15, 0.2) is 0 Å². The lowest BCUT2D eigenvalue weighted by Gasteiger charge is -2.18. The number of nitrogens with one attached hydrogen (secondary N) is 1. The Hall–Kier alpha value is -1.78. The Balaban J connectivity index is 2.40. The number of imidazole rings is 1. The van der Waals surface area contributed by atoms with Crippen molar-refractivity contribution in [3.63, 3.8) is 0 Å². The molecule has 1 N–H and O–H groups in total. The zero-order valence-corrected chi connectivity index (χ0v) is 10.6. The number of aromatic nitrogens is 3. The van der Waals surface area contributed by atoms with Crippen LogP contribution >= 0.6 is 0 Å². The highest BCUT2D eigenvalue weighted by Crippen LogP contribution is 2.21. The summed E-state index contributed by atoms with van der Waals surface area (Å²) in [5.41, 5.74) is 0.747. The average molecular weight is 234 g/mol. The number of fused-ring (bicyclic) bond motifs is 1. The molecule has 0 saturated carbocycles. The Bertz CT molecular complexity index is 506. The van der Waals surface area contributed by atoms with Gasteiger partial charge in [0.1, 0.15) is 11.9 Å². The SMILES string of the molecule is CNc1cn2ccnc2c(OC(C)C(C)C)n1. The van der Waals surface area contributed by atoms with Crippen molar-refractivity contribution in [1.29, 1.82) is 0 Å². The fraction of sp³-hybridized carbons (Fsp3) is 0.500. The van der Waals surface area contributed by atoms with Gasteiger partial charge in [0, 0.05) is 19.4 Å². The Labute approximate surface area is 101 Å². The smallest absolute Gasteiger partial charge is 0.260 e. The molecular weight excluding hydrogens is 216 g/mol. The highest BCUT2D eigenvalue weighted by Gasteiger charge is 2.14. The predicted octanol–water partition coefficient (Wildman–Crippen LogP) is 2.19. The minimum absolute atomic E-state index is 0.107. The number of rotatable bonds is 4. The molecule has 0 spiro atoms. The van der Waals surface area contributed by atoms with Gasteiger partial charge in [-0.3, -0.25) is 4.40 Å². The molecule has 2 rings (SSSR count). The standard InChI is InChI=1S/C12H18N4O/c1-8(2)9(3)17-12-11-14-5-6-16(11)7-10(13-4)15-12/h5-9,13H,1-4H3. The van der Waals surface area contributed by atoms with Crippen LogP contribution in [0, 0.1) is 5.92 Å². The van der Waals surface area contributed by atoms with E-state index in [0.717, 1.165) is 11.5 Å². The first kappa shape index (κ1) is 11.7. The molecule has 0 radical (unpaired) electrons. The largest absolute Gasteiger partial charge is 0.472 e. The second-order valence-electron chi connectivity index (χ2n) is 4.41. The normalized spacial score (nSPS) is 13.0. The van der Waals surface area contributed by atoms with E-state index in [9.17, 15) is 0 Å². The Morgan fingerprint density at radius 2 is 2.12 bits per heavy atom. The molecule has 17 heavy (non-hydrogen) atoms. The van der Waals surface area contributed by atoms with Gasteiger partial charge in [-0.05, 0) is 12.8 Å². The summed E-state index contributed by atoms with van der Waals surface area (Å²) in [5, 5.41) is 3.01. The molecule has 1 atom stereocenters. The van der Waals surface area contributed by atoms with E-state index in [1.54, 1.807) is 6.20 Å². The predicted molar refractivity (Wildman–Crippen MR) is 67.5 cm³/mol. The first-order chi connectivity index (χ1) is 8.11. The molecule has 2 heterocycles. The van der Waals surface area contributed by atoms with Crippen molar-refractivity contribution in [2.45, 2.75) is 26.9 Å². The molecule has 2 aromatic rings. The van der Waals surface area contributed by atoms with E-state index in [0.29, 0.717) is 11.8 Å². The topological polar surface area (TPSA) is 51.5 Å². The molecule has 2 aromatic heterocycles. The van der Waals surface area contributed by atoms with Gasteiger partial charge in [-0.1, -0.05) is 13.8 Å². The summed E-state index contributed by atoms with van der Waals surface area (Å²) in [6, 6.07) is 0. The molecule has 0 aliphatic heterocycles. The second-order valence-corrected chi connectivity index (χ2v) is 4.41. The Kier molecular flexibility index (Phi) is 3.17. The van der Waals surface area contributed by atoms with Crippen molar-refractivity contribution >= 4 is 11.5 Å². The molecule has 5 nitrogen and oxygen atoms in total. The first-order valence-electron chi connectivity index (χ1n) is 5.80.